The summed E-state index contributed by atoms with van der Waals surface area (Å²) in [5.74, 6) is -1.16. The normalized spacial score (nSPS) is 10.7. The molecule has 4 rings (SSSR count). The van der Waals surface area contributed by atoms with Gasteiger partial charge in [0.25, 0.3) is 5.91 Å². The van der Waals surface area contributed by atoms with Crippen LogP contribution in [0.15, 0.2) is 72.8 Å². The molecule has 1 aromatic heterocycles. The minimum absolute atomic E-state index is 0.00972. The zero-order valence-corrected chi connectivity index (χ0v) is 20.1. The van der Waals surface area contributed by atoms with Crippen molar-refractivity contribution in [2.45, 2.75) is 19.8 Å². The summed E-state index contributed by atoms with van der Waals surface area (Å²) >= 11 is 1.62. The molecule has 7 nitrogen and oxygen atoms in total. The van der Waals surface area contributed by atoms with Crippen LogP contribution in [0.25, 0.3) is 20.8 Å². The van der Waals surface area contributed by atoms with Crippen molar-refractivity contribution in [1.82, 2.24) is 10.3 Å². The minimum atomic E-state index is -0.554. The van der Waals surface area contributed by atoms with Gasteiger partial charge in [0.1, 0.15) is 5.01 Å². The SMILES string of the molecule is Cc1ccc2nc(-c3ccc(NC(=O)COC(=O)CCNC(=O)Cc4ccccc4)cc3)sc2c1. The van der Waals surface area contributed by atoms with Crippen molar-refractivity contribution in [2.24, 2.45) is 0 Å². The van der Waals surface area contributed by atoms with E-state index in [1.807, 2.05) is 54.6 Å². The summed E-state index contributed by atoms with van der Waals surface area (Å²) in [5, 5.41) is 6.29. The molecule has 0 aliphatic carbocycles. The molecule has 35 heavy (non-hydrogen) atoms. The third-order valence-electron chi connectivity index (χ3n) is 5.18. The van der Waals surface area contributed by atoms with Crippen LogP contribution in [-0.2, 0) is 25.5 Å². The maximum absolute atomic E-state index is 12.1. The summed E-state index contributed by atoms with van der Waals surface area (Å²) in [5.41, 5.74) is 4.61. The van der Waals surface area contributed by atoms with Gasteiger partial charge in [-0.05, 0) is 54.4 Å². The van der Waals surface area contributed by atoms with E-state index in [0.29, 0.717) is 5.69 Å². The van der Waals surface area contributed by atoms with Crippen molar-refractivity contribution in [1.29, 1.82) is 0 Å². The van der Waals surface area contributed by atoms with Crippen molar-refractivity contribution in [3.05, 3.63) is 83.9 Å². The summed E-state index contributed by atoms with van der Waals surface area (Å²) in [6.07, 6.45) is 0.236. The second-order valence-corrected chi connectivity index (χ2v) is 9.07. The molecule has 0 saturated carbocycles. The predicted molar refractivity (Wildman–Crippen MR) is 137 cm³/mol. The van der Waals surface area contributed by atoms with Gasteiger partial charge in [0.2, 0.25) is 5.91 Å². The molecule has 0 aliphatic heterocycles. The number of amides is 2. The van der Waals surface area contributed by atoms with Crippen LogP contribution in [0.2, 0.25) is 0 Å². The lowest BCUT2D eigenvalue weighted by Crippen LogP contribution is -2.28. The first kappa shape index (κ1) is 24.1. The Hall–Kier alpha value is -4.04. The number of fused-ring (bicyclic) bond motifs is 1. The second kappa shape index (κ2) is 11.4. The standard InChI is InChI=1S/C27H25N3O4S/c1-18-7-12-22-23(15-18)35-27(30-22)20-8-10-21(11-9-20)29-25(32)17-34-26(33)13-14-28-24(31)16-19-5-3-2-4-6-19/h2-12,15H,13-14,16-17H2,1H3,(H,28,31)(H,29,32). The molecule has 178 valence electrons. The Kier molecular flexibility index (Phi) is 7.84. The summed E-state index contributed by atoms with van der Waals surface area (Å²) in [7, 11) is 0. The molecule has 0 atom stereocenters. The summed E-state index contributed by atoms with van der Waals surface area (Å²) in [4.78, 5) is 40.6. The average Bonchev–Trinajstić information content (AvgIpc) is 3.27. The number of aromatic nitrogens is 1. The fraction of sp³-hybridized carbons (Fsp3) is 0.185. The predicted octanol–water partition coefficient (Wildman–Crippen LogP) is 4.50. The van der Waals surface area contributed by atoms with E-state index >= 15 is 0 Å². The van der Waals surface area contributed by atoms with Gasteiger partial charge in [-0.15, -0.1) is 11.3 Å². The number of esters is 1. The first-order chi connectivity index (χ1) is 17.0. The molecule has 0 fully saturated rings. The van der Waals surface area contributed by atoms with Gasteiger partial charge < -0.3 is 15.4 Å². The number of anilines is 1. The van der Waals surface area contributed by atoms with Crippen LogP contribution in [0.5, 0.6) is 0 Å². The second-order valence-electron chi connectivity index (χ2n) is 8.04. The van der Waals surface area contributed by atoms with Gasteiger partial charge in [-0.3, -0.25) is 14.4 Å². The monoisotopic (exact) mass is 487 g/mol. The molecule has 0 aliphatic rings. The maximum Gasteiger partial charge on any atom is 0.308 e. The first-order valence-electron chi connectivity index (χ1n) is 11.2. The van der Waals surface area contributed by atoms with E-state index in [-0.39, 0.29) is 25.3 Å². The fourth-order valence-corrected chi connectivity index (χ4v) is 4.48. The third kappa shape index (κ3) is 6.97. The quantitative estimate of drug-likeness (QED) is 0.339. The molecule has 0 spiro atoms. The summed E-state index contributed by atoms with van der Waals surface area (Å²) in [6.45, 7) is 1.81. The lowest BCUT2D eigenvalue weighted by atomic mass is 10.1. The van der Waals surface area contributed by atoms with Gasteiger partial charge in [0.05, 0.1) is 23.1 Å². The molecule has 8 heteroatoms. The number of nitrogens with zero attached hydrogens (tertiary/aromatic N) is 1. The molecule has 2 N–H and O–H groups in total. The smallest absolute Gasteiger partial charge is 0.308 e. The summed E-state index contributed by atoms with van der Waals surface area (Å²) < 4.78 is 6.14. The lowest BCUT2D eigenvalue weighted by Gasteiger charge is -2.08. The van der Waals surface area contributed by atoms with Crippen molar-refractivity contribution in [3.8, 4) is 10.6 Å². The van der Waals surface area contributed by atoms with Crippen LogP contribution >= 0.6 is 11.3 Å². The number of thiazole rings is 1. The Labute approximate surface area is 207 Å². The van der Waals surface area contributed by atoms with Gasteiger partial charge in [-0.25, -0.2) is 4.98 Å². The van der Waals surface area contributed by atoms with Crippen molar-refractivity contribution in [3.63, 3.8) is 0 Å². The first-order valence-corrected chi connectivity index (χ1v) is 12.0. The molecule has 3 aromatic carbocycles. The number of rotatable bonds is 9. The molecule has 1 heterocycles. The van der Waals surface area contributed by atoms with Gasteiger partial charge in [-0.1, -0.05) is 36.4 Å². The molecule has 2 amide bonds. The van der Waals surface area contributed by atoms with Gasteiger partial charge in [-0.2, -0.15) is 0 Å². The highest BCUT2D eigenvalue weighted by molar-refractivity contribution is 7.21. The average molecular weight is 488 g/mol. The molecule has 0 unspecified atom stereocenters. The number of hydrogen-bond acceptors (Lipinski definition) is 6. The Balaban J connectivity index is 1.18. The van der Waals surface area contributed by atoms with Crippen LogP contribution in [-0.4, -0.2) is 35.9 Å². The van der Waals surface area contributed by atoms with Crippen molar-refractivity contribution >= 4 is 45.0 Å². The van der Waals surface area contributed by atoms with E-state index in [1.165, 1.54) is 5.56 Å². The Morgan fingerprint density at radius 1 is 0.943 bits per heavy atom. The molecule has 0 radical (unpaired) electrons. The Morgan fingerprint density at radius 3 is 2.49 bits per heavy atom. The summed E-state index contributed by atoms with van der Waals surface area (Å²) in [6, 6.07) is 22.9. The van der Waals surface area contributed by atoms with E-state index in [9.17, 15) is 14.4 Å². The number of carbonyl (C=O) groups is 3. The molecule has 4 aromatic rings. The molecular weight excluding hydrogens is 462 g/mol. The van der Waals surface area contributed by atoms with E-state index in [2.05, 4.69) is 28.6 Å². The topological polar surface area (TPSA) is 97.4 Å². The Bertz CT molecular complexity index is 1330. The number of ether oxygens (including phenoxy) is 1. The van der Waals surface area contributed by atoms with Crippen LogP contribution in [0.4, 0.5) is 5.69 Å². The number of aryl methyl sites for hydroxylation is 1. The number of benzene rings is 3. The third-order valence-corrected chi connectivity index (χ3v) is 6.25. The Morgan fingerprint density at radius 2 is 1.71 bits per heavy atom. The number of carbonyl (C=O) groups excluding carboxylic acids is 3. The number of hydrogen-bond donors (Lipinski definition) is 2. The van der Waals surface area contributed by atoms with Crippen LogP contribution in [0.1, 0.15) is 17.5 Å². The lowest BCUT2D eigenvalue weighted by molar-refractivity contribution is -0.147. The minimum Gasteiger partial charge on any atom is -0.456 e. The van der Waals surface area contributed by atoms with Gasteiger partial charge in [0, 0.05) is 17.8 Å². The van der Waals surface area contributed by atoms with Crippen LogP contribution < -0.4 is 10.6 Å². The zero-order valence-electron chi connectivity index (χ0n) is 19.2. The zero-order chi connectivity index (χ0) is 24.6. The van der Waals surface area contributed by atoms with Gasteiger partial charge in [0.15, 0.2) is 6.61 Å². The van der Waals surface area contributed by atoms with Gasteiger partial charge >= 0.3 is 5.97 Å². The highest BCUT2D eigenvalue weighted by Crippen LogP contribution is 2.31. The molecular formula is C27H25N3O4S. The highest BCUT2D eigenvalue weighted by Gasteiger charge is 2.11. The highest BCUT2D eigenvalue weighted by atomic mass is 32.1. The van der Waals surface area contributed by atoms with Crippen molar-refractivity contribution in [2.75, 3.05) is 18.5 Å². The van der Waals surface area contributed by atoms with E-state index in [1.54, 1.807) is 23.5 Å². The van der Waals surface area contributed by atoms with E-state index in [0.717, 1.165) is 26.4 Å². The fourth-order valence-electron chi connectivity index (χ4n) is 3.41. The maximum atomic E-state index is 12.1. The van der Waals surface area contributed by atoms with Crippen LogP contribution in [0, 0.1) is 6.92 Å². The number of nitrogens with one attached hydrogen (secondary N) is 2. The molecule has 0 bridgehead atoms. The van der Waals surface area contributed by atoms with Crippen LogP contribution in [0.3, 0.4) is 0 Å². The van der Waals surface area contributed by atoms with E-state index < -0.39 is 18.5 Å². The molecule has 0 saturated heterocycles. The van der Waals surface area contributed by atoms with Crippen molar-refractivity contribution < 1.29 is 19.1 Å². The largest absolute Gasteiger partial charge is 0.456 e. The van der Waals surface area contributed by atoms with E-state index in [4.69, 9.17) is 4.74 Å².